The van der Waals surface area contributed by atoms with Crippen molar-refractivity contribution in [3.05, 3.63) is 28.2 Å². The summed E-state index contributed by atoms with van der Waals surface area (Å²) < 4.78 is 0.989. The van der Waals surface area contributed by atoms with Crippen molar-refractivity contribution in [2.45, 2.75) is 13.3 Å². The third kappa shape index (κ3) is 2.82. The Kier molecular flexibility index (Phi) is 4.10. The van der Waals surface area contributed by atoms with Gasteiger partial charge in [-0.25, -0.2) is 0 Å². The maximum absolute atomic E-state index is 11.3. The summed E-state index contributed by atoms with van der Waals surface area (Å²) in [6, 6.07) is 5.69. The lowest BCUT2D eigenvalue weighted by Crippen LogP contribution is -2.16. The van der Waals surface area contributed by atoms with Crippen molar-refractivity contribution in [2.75, 3.05) is 11.9 Å². The Hall–Kier alpha value is -0.870. The van der Waals surface area contributed by atoms with Crippen LogP contribution in [0.1, 0.15) is 12.0 Å². The molecule has 4 heteroatoms. The normalized spacial score (nSPS) is 9.93. The summed E-state index contributed by atoms with van der Waals surface area (Å²) in [7, 11) is 0. The van der Waals surface area contributed by atoms with Crippen molar-refractivity contribution in [3.8, 4) is 0 Å². The molecule has 1 aromatic rings. The zero-order valence-corrected chi connectivity index (χ0v) is 9.60. The number of nitrogens with one attached hydrogen (secondary N) is 1. The Morgan fingerprint density at radius 2 is 2.29 bits per heavy atom. The zero-order valence-electron chi connectivity index (χ0n) is 8.01. The second-order valence-electron chi connectivity index (χ2n) is 3.00. The molecule has 0 fully saturated rings. The number of hydrogen-bond acceptors (Lipinski definition) is 2. The van der Waals surface area contributed by atoms with E-state index in [1.807, 2.05) is 25.1 Å². The quantitative estimate of drug-likeness (QED) is 0.870. The second-order valence-corrected chi connectivity index (χ2v) is 3.85. The fraction of sp³-hybridized carbons (Fsp3) is 0.300. The highest BCUT2D eigenvalue weighted by atomic mass is 79.9. The van der Waals surface area contributed by atoms with Crippen LogP contribution in [0.2, 0.25) is 0 Å². The van der Waals surface area contributed by atoms with Gasteiger partial charge in [-0.05, 0) is 24.6 Å². The maximum Gasteiger partial charge on any atom is 0.225 e. The highest BCUT2D eigenvalue weighted by Gasteiger charge is 2.04. The van der Waals surface area contributed by atoms with E-state index in [0.29, 0.717) is 13.0 Å². The summed E-state index contributed by atoms with van der Waals surface area (Å²) in [6.07, 6.45) is 0.353. The number of nitrogens with two attached hydrogens (primary N) is 1. The third-order valence-electron chi connectivity index (χ3n) is 1.91. The second kappa shape index (κ2) is 5.12. The van der Waals surface area contributed by atoms with Gasteiger partial charge in [-0.15, -0.1) is 0 Å². The molecule has 3 nitrogen and oxygen atoms in total. The van der Waals surface area contributed by atoms with Gasteiger partial charge in [0.25, 0.3) is 0 Å². The van der Waals surface area contributed by atoms with Crippen LogP contribution in [-0.4, -0.2) is 12.5 Å². The van der Waals surface area contributed by atoms with E-state index in [4.69, 9.17) is 5.73 Å². The molecule has 3 N–H and O–H groups in total. The van der Waals surface area contributed by atoms with Gasteiger partial charge in [-0.1, -0.05) is 22.0 Å². The number of benzene rings is 1. The minimum Gasteiger partial charge on any atom is -0.330 e. The molecule has 1 rings (SSSR count). The first-order chi connectivity index (χ1) is 6.65. The molecule has 1 amide bonds. The van der Waals surface area contributed by atoms with E-state index in [2.05, 4.69) is 21.2 Å². The fourth-order valence-electron chi connectivity index (χ4n) is 1.09. The summed E-state index contributed by atoms with van der Waals surface area (Å²) in [6.45, 7) is 2.32. The van der Waals surface area contributed by atoms with Gasteiger partial charge in [0, 0.05) is 23.1 Å². The van der Waals surface area contributed by atoms with E-state index in [1.54, 1.807) is 0 Å². The summed E-state index contributed by atoms with van der Waals surface area (Å²) in [4.78, 5) is 11.3. The molecule has 0 aliphatic carbocycles. The molecule has 76 valence electrons. The summed E-state index contributed by atoms with van der Waals surface area (Å²) in [5, 5.41) is 2.80. The predicted octanol–water partition coefficient (Wildman–Crippen LogP) is 2.04. The van der Waals surface area contributed by atoms with Gasteiger partial charge in [0.1, 0.15) is 0 Å². The van der Waals surface area contributed by atoms with Gasteiger partial charge in [0.05, 0.1) is 0 Å². The first-order valence-electron chi connectivity index (χ1n) is 4.40. The minimum absolute atomic E-state index is 0.0475. The SMILES string of the molecule is Cc1c(Br)cccc1NC(=O)CCN. The first kappa shape index (κ1) is 11.2. The lowest BCUT2D eigenvalue weighted by atomic mass is 10.2. The third-order valence-corrected chi connectivity index (χ3v) is 2.77. The van der Waals surface area contributed by atoms with Gasteiger partial charge in [0.15, 0.2) is 0 Å². The van der Waals surface area contributed by atoms with Gasteiger partial charge in [-0.2, -0.15) is 0 Å². The predicted molar refractivity (Wildman–Crippen MR) is 61.2 cm³/mol. The van der Waals surface area contributed by atoms with E-state index in [-0.39, 0.29) is 5.91 Å². The van der Waals surface area contributed by atoms with Crippen LogP contribution < -0.4 is 11.1 Å². The average molecular weight is 257 g/mol. The Morgan fingerprint density at radius 3 is 2.93 bits per heavy atom. The number of carbonyl (C=O) groups excluding carboxylic acids is 1. The lowest BCUT2D eigenvalue weighted by molar-refractivity contribution is -0.116. The lowest BCUT2D eigenvalue weighted by Gasteiger charge is -2.08. The number of halogens is 1. The van der Waals surface area contributed by atoms with E-state index >= 15 is 0 Å². The van der Waals surface area contributed by atoms with Crippen LogP contribution in [0.25, 0.3) is 0 Å². The minimum atomic E-state index is -0.0475. The smallest absolute Gasteiger partial charge is 0.225 e. The van der Waals surface area contributed by atoms with Crippen molar-refractivity contribution < 1.29 is 4.79 Å². The van der Waals surface area contributed by atoms with Crippen molar-refractivity contribution in [3.63, 3.8) is 0 Å². The number of hydrogen-bond donors (Lipinski definition) is 2. The molecule has 0 atom stereocenters. The Bertz CT molecular complexity index is 339. The van der Waals surface area contributed by atoms with Crippen LogP contribution in [0, 0.1) is 6.92 Å². The molecule has 0 spiro atoms. The molecule has 0 radical (unpaired) electrons. The molecular weight excluding hydrogens is 244 g/mol. The van der Waals surface area contributed by atoms with Crippen molar-refractivity contribution in [1.29, 1.82) is 0 Å². The van der Waals surface area contributed by atoms with Gasteiger partial charge in [-0.3, -0.25) is 4.79 Å². The Morgan fingerprint density at radius 1 is 1.57 bits per heavy atom. The topological polar surface area (TPSA) is 55.1 Å². The van der Waals surface area contributed by atoms with E-state index < -0.39 is 0 Å². The van der Waals surface area contributed by atoms with Crippen LogP contribution in [0.3, 0.4) is 0 Å². The fourth-order valence-corrected chi connectivity index (χ4v) is 1.45. The molecule has 0 aromatic heterocycles. The first-order valence-corrected chi connectivity index (χ1v) is 5.19. The van der Waals surface area contributed by atoms with E-state index in [1.165, 1.54) is 0 Å². The largest absolute Gasteiger partial charge is 0.330 e. The van der Waals surface area contributed by atoms with Gasteiger partial charge >= 0.3 is 0 Å². The zero-order chi connectivity index (χ0) is 10.6. The van der Waals surface area contributed by atoms with Crippen molar-refractivity contribution >= 4 is 27.5 Å². The van der Waals surface area contributed by atoms with Crippen LogP contribution >= 0.6 is 15.9 Å². The summed E-state index contributed by atoms with van der Waals surface area (Å²) in [5.41, 5.74) is 7.14. The van der Waals surface area contributed by atoms with Crippen molar-refractivity contribution in [2.24, 2.45) is 5.73 Å². The van der Waals surface area contributed by atoms with E-state index in [9.17, 15) is 4.79 Å². The summed E-state index contributed by atoms with van der Waals surface area (Å²) >= 11 is 3.40. The Labute approximate surface area is 91.8 Å². The van der Waals surface area contributed by atoms with E-state index in [0.717, 1.165) is 15.7 Å². The average Bonchev–Trinajstić information content (AvgIpc) is 2.13. The highest BCUT2D eigenvalue weighted by molar-refractivity contribution is 9.10. The molecule has 0 aliphatic rings. The number of amides is 1. The Balaban J connectivity index is 2.76. The van der Waals surface area contributed by atoms with Crippen LogP contribution in [0.15, 0.2) is 22.7 Å². The highest BCUT2D eigenvalue weighted by Crippen LogP contribution is 2.23. The van der Waals surface area contributed by atoms with Gasteiger partial charge < -0.3 is 11.1 Å². The number of rotatable bonds is 3. The molecule has 14 heavy (non-hydrogen) atoms. The van der Waals surface area contributed by atoms with Gasteiger partial charge in [0.2, 0.25) is 5.91 Å². The summed E-state index contributed by atoms with van der Waals surface area (Å²) in [5.74, 6) is -0.0475. The number of anilines is 1. The molecule has 0 saturated carbocycles. The molecule has 0 aliphatic heterocycles. The van der Waals surface area contributed by atoms with Crippen LogP contribution in [0.5, 0.6) is 0 Å². The molecule has 0 saturated heterocycles. The monoisotopic (exact) mass is 256 g/mol. The molecule has 0 unspecified atom stereocenters. The van der Waals surface area contributed by atoms with Crippen molar-refractivity contribution in [1.82, 2.24) is 0 Å². The van der Waals surface area contributed by atoms with Crippen LogP contribution in [-0.2, 0) is 4.79 Å². The number of carbonyl (C=O) groups is 1. The van der Waals surface area contributed by atoms with Crippen LogP contribution in [0.4, 0.5) is 5.69 Å². The molecular formula is C10H13BrN2O. The standard InChI is InChI=1S/C10H13BrN2O/c1-7-8(11)3-2-4-9(7)13-10(14)5-6-12/h2-4H,5-6,12H2,1H3,(H,13,14). The maximum atomic E-state index is 11.3. The molecule has 1 aromatic carbocycles. The molecule has 0 bridgehead atoms. The molecule has 0 heterocycles.